The van der Waals surface area contributed by atoms with Gasteiger partial charge in [-0.05, 0) is 37.1 Å². The van der Waals surface area contributed by atoms with Crippen LogP contribution in [0.25, 0.3) is 6.08 Å². The molecular formula is C17H20N2O4. The molecule has 1 N–H and O–H groups in total. The molecule has 0 bridgehead atoms. The van der Waals surface area contributed by atoms with Crippen LogP contribution in [0.5, 0.6) is 11.5 Å². The molecule has 2 rings (SSSR count). The molecular weight excluding hydrogens is 296 g/mol. The van der Waals surface area contributed by atoms with E-state index < -0.39 is 5.91 Å². The number of rotatable bonds is 6. The van der Waals surface area contributed by atoms with Crippen LogP contribution in [0.2, 0.25) is 0 Å². The third-order valence-corrected chi connectivity index (χ3v) is 3.62. The van der Waals surface area contributed by atoms with E-state index in [4.69, 9.17) is 14.2 Å². The summed E-state index contributed by atoms with van der Waals surface area (Å²) in [5, 5.41) is 12.0. The monoisotopic (exact) mass is 316 g/mol. The maximum absolute atomic E-state index is 12.2. The lowest BCUT2D eigenvalue weighted by molar-refractivity contribution is -0.117. The summed E-state index contributed by atoms with van der Waals surface area (Å²) < 4.78 is 15.9. The van der Waals surface area contributed by atoms with Crippen molar-refractivity contribution in [3.63, 3.8) is 0 Å². The molecule has 1 amide bonds. The van der Waals surface area contributed by atoms with E-state index in [0.717, 1.165) is 19.4 Å². The van der Waals surface area contributed by atoms with Crippen molar-refractivity contribution in [1.29, 1.82) is 5.26 Å². The summed E-state index contributed by atoms with van der Waals surface area (Å²) in [6, 6.07) is 7.11. The minimum Gasteiger partial charge on any atom is -0.497 e. The van der Waals surface area contributed by atoms with Crippen LogP contribution in [0.1, 0.15) is 18.4 Å². The minimum atomic E-state index is -0.423. The van der Waals surface area contributed by atoms with Gasteiger partial charge in [0, 0.05) is 18.7 Å². The van der Waals surface area contributed by atoms with Crippen molar-refractivity contribution in [3.8, 4) is 17.6 Å². The van der Waals surface area contributed by atoms with Crippen LogP contribution in [0.15, 0.2) is 23.8 Å². The summed E-state index contributed by atoms with van der Waals surface area (Å²) in [4.78, 5) is 12.2. The fourth-order valence-corrected chi connectivity index (χ4v) is 2.36. The first kappa shape index (κ1) is 16.8. The third kappa shape index (κ3) is 4.47. The number of nitrogens with zero attached hydrogens (tertiary/aromatic N) is 1. The molecule has 6 heteroatoms. The SMILES string of the molecule is COc1ccc(OC)c(C=C(C#N)C(=O)NCC2CCCO2)c1. The van der Waals surface area contributed by atoms with Crippen molar-refractivity contribution >= 4 is 12.0 Å². The smallest absolute Gasteiger partial charge is 0.262 e. The summed E-state index contributed by atoms with van der Waals surface area (Å²) in [7, 11) is 3.08. The second kappa shape index (κ2) is 8.20. The van der Waals surface area contributed by atoms with E-state index >= 15 is 0 Å². The van der Waals surface area contributed by atoms with Crippen molar-refractivity contribution in [2.45, 2.75) is 18.9 Å². The first-order valence-corrected chi connectivity index (χ1v) is 7.41. The predicted molar refractivity (Wildman–Crippen MR) is 85.1 cm³/mol. The molecule has 1 unspecified atom stereocenters. The second-order valence-corrected chi connectivity index (χ2v) is 5.12. The molecule has 0 aliphatic carbocycles. The number of benzene rings is 1. The van der Waals surface area contributed by atoms with E-state index in [2.05, 4.69) is 5.32 Å². The highest BCUT2D eigenvalue weighted by Crippen LogP contribution is 2.26. The second-order valence-electron chi connectivity index (χ2n) is 5.12. The fraction of sp³-hybridized carbons (Fsp3) is 0.412. The Morgan fingerprint density at radius 2 is 2.30 bits per heavy atom. The van der Waals surface area contributed by atoms with Gasteiger partial charge < -0.3 is 19.5 Å². The van der Waals surface area contributed by atoms with E-state index in [1.54, 1.807) is 25.3 Å². The normalized spacial score (nSPS) is 17.4. The molecule has 1 aliphatic heterocycles. The first-order valence-electron chi connectivity index (χ1n) is 7.41. The molecule has 1 heterocycles. The predicted octanol–water partition coefficient (Wildman–Crippen LogP) is 1.91. The van der Waals surface area contributed by atoms with Gasteiger partial charge in [0.05, 0.1) is 20.3 Å². The van der Waals surface area contributed by atoms with Gasteiger partial charge >= 0.3 is 0 Å². The van der Waals surface area contributed by atoms with Crippen LogP contribution >= 0.6 is 0 Å². The van der Waals surface area contributed by atoms with E-state index in [1.807, 2.05) is 6.07 Å². The molecule has 1 saturated heterocycles. The van der Waals surface area contributed by atoms with E-state index in [-0.39, 0.29) is 11.7 Å². The number of ether oxygens (including phenoxy) is 3. The standard InChI is InChI=1S/C17H20N2O4/c1-21-14-5-6-16(22-2)12(9-14)8-13(10-18)17(20)19-11-15-4-3-7-23-15/h5-6,8-9,15H,3-4,7,11H2,1-2H3,(H,19,20). The molecule has 0 aromatic heterocycles. The van der Waals surface area contributed by atoms with Crippen LogP contribution in [-0.4, -0.2) is 39.4 Å². The van der Waals surface area contributed by atoms with Crippen LogP contribution in [0, 0.1) is 11.3 Å². The zero-order chi connectivity index (χ0) is 16.7. The molecule has 1 aromatic rings. The maximum atomic E-state index is 12.2. The van der Waals surface area contributed by atoms with Crippen molar-refractivity contribution in [2.24, 2.45) is 0 Å². The average molecular weight is 316 g/mol. The summed E-state index contributed by atoms with van der Waals surface area (Å²) >= 11 is 0. The highest BCUT2D eigenvalue weighted by Gasteiger charge is 2.18. The van der Waals surface area contributed by atoms with Gasteiger partial charge in [0.25, 0.3) is 5.91 Å². The lowest BCUT2D eigenvalue weighted by atomic mass is 10.1. The zero-order valence-electron chi connectivity index (χ0n) is 13.3. The number of methoxy groups -OCH3 is 2. The van der Waals surface area contributed by atoms with E-state index in [0.29, 0.717) is 23.6 Å². The third-order valence-electron chi connectivity index (χ3n) is 3.62. The Kier molecular flexibility index (Phi) is 6.01. The van der Waals surface area contributed by atoms with Gasteiger partial charge in [-0.2, -0.15) is 5.26 Å². The summed E-state index contributed by atoms with van der Waals surface area (Å²) in [6.07, 6.45) is 3.45. The van der Waals surface area contributed by atoms with Gasteiger partial charge in [-0.25, -0.2) is 0 Å². The van der Waals surface area contributed by atoms with Gasteiger partial charge in [-0.3, -0.25) is 4.79 Å². The van der Waals surface area contributed by atoms with Gasteiger partial charge in [0.2, 0.25) is 0 Å². The highest BCUT2D eigenvalue weighted by atomic mass is 16.5. The average Bonchev–Trinajstić information content (AvgIpc) is 3.10. The molecule has 0 radical (unpaired) electrons. The Bertz CT molecular complexity index is 628. The summed E-state index contributed by atoms with van der Waals surface area (Å²) in [5.41, 5.74) is 0.616. The Hall–Kier alpha value is -2.52. The van der Waals surface area contributed by atoms with Crippen LogP contribution < -0.4 is 14.8 Å². The van der Waals surface area contributed by atoms with Crippen molar-refractivity contribution in [3.05, 3.63) is 29.3 Å². The van der Waals surface area contributed by atoms with E-state index in [1.165, 1.54) is 13.2 Å². The number of carbonyl (C=O) groups is 1. The first-order chi connectivity index (χ1) is 11.2. The number of hydrogen-bond donors (Lipinski definition) is 1. The molecule has 0 spiro atoms. The molecule has 1 aliphatic rings. The Labute approximate surface area is 135 Å². The lowest BCUT2D eigenvalue weighted by Gasteiger charge is -2.11. The quantitative estimate of drug-likeness (QED) is 0.640. The number of hydrogen-bond acceptors (Lipinski definition) is 5. The number of nitriles is 1. The zero-order valence-corrected chi connectivity index (χ0v) is 13.3. The van der Waals surface area contributed by atoms with Crippen LogP contribution in [0.3, 0.4) is 0 Å². The number of nitrogens with one attached hydrogen (secondary N) is 1. The van der Waals surface area contributed by atoms with Gasteiger partial charge in [0.1, 0.15) is 23.1 Å². The molecule has 0 saturated carbocycles. The summed E-state index contributed by atoms with van der Waals surface area (Å²) in [5.74, 6) is 0.757. The van der Waals surface area contributed by atoms with Crippen molar-refractivity contribution in [1.82, 2.24) is 5.32 Å². The Morgan fingerprint density at radius 1 is 1.48 bits per heavy atom. The van der Waals surface area contributed by atoms with Gasteiger partial charge in [-0.1, -0.05) is 0 Å². The molecule has 122 valence electrons. The van der Waals surface area contributed by atoms with Crippen LogP contribution in [-0.2, 0) is 9.53 Å². The maximum Gasteiger partial charge on any atom is 0.262 e. The number of amides is 1. The minimum absolute atomic E-state index is 0.00884. The molecule has 23 heavy (non-hydrogen) atoms. The van der Waals surface area contributed by atoms with E-state index in [9.17, 15) is 10.1 Å². The number of carbonyl (C=O) groups excluding carboxylic acids is 1. The Morgan fingerprint density at radius 3 is 2.91 bits per heavy atom. The van der Waals surface area contributed by atoms with Gasteiger partial charge in [-0.15, -0.1) is 0 Å². The highest BCUT2D eigenvalue weighted by molar-refractivity contribution is 6.02. The van der Waals surface area contributed by atoms with Crippen LogP contribution in [0.4, 0.5) is 0 Å². The topological polar surface area (TPSA) is 80.6 Å². The molecule has 1 fully saturated rings. The van der Waals surface area contributed by atoms with Gasteiger partial charge in [0.15, 0.2) is 0 Å². The van der Waals surface area contributed by atoms with Crippen molar-refractivity contribution < 1.29 is 19.0 Å². The van der Waals surface area contributed by atoms with Crippen molar-refractivity contribution in [2.75, 3.05) is 27.4 Å². The Balaban J connectivity index is 2.13. The molecule has 1 atom stereocenters. The molecule has 6 nitrogen and oxygen atoms in total. The summed E-state index contributed by atoms with van der Waals surface area (Å²) in [6.45, 7) is 1.13. The lowest BCUT2D eigenvalue weighted by Crippen LogP contribution is -2.32. The largest absolute Gasteiger partial charge is 0.497 e. The molecule has 1 aromatic carbocycles. The fourth-order valence-electron chi connectivity index (χ4n) is 2.36.